The second-order valence-electron chi connectivity index (χ2n) is 17.9. The highest BCUT2D eigenvalue weighted by atomic mass is 32.2. The lowest BCUT2D eigenvalue weighted by Crippen LogP contribution is -2.62. The maximum atomic E-state index is 13.6. The second kappa shape index (κ2) is 12.7. The van der Waals surface area contributed by atoms with Crippen LogP contribution in [0.5, 0.6) is 5.75 Å². The van der Waals surface area contributed by atoms with Gasteiger partial charge in [0.05, 0.1) is 44.4 Å². The van der Waals surface area contributed by atoms with Crippen molar-refractivity contribution in [1.29, 1.82) is 0 Å². The minimum atomic E-state index is -3.03. The molecule has 0 saturated heterocycles. The molecule has 1 fully saturated rings. The van der Waals surface area contributed by atoms with Crippen LogP contribution in [0.4, 0.5) is 8.78 Å². The number of carbonyl (C=O) groups is 1. The molecule has 7 rings (SSSR count). The van der Waals surface area contributed by atoms with E-state index in [1.54, 1.807) is 36.5 Å². The molecule has 2 bridgehead atoms. The van der Waals surface area contributed by atoms with Crippen molar-refractivity contribution in [2.75, 3.05) is 13.7 Å². The number of ether oxygens (including phenoxy) is 1. The van der Waals surface area contributed by atoms with Crippen LogP contribution in [-0.4, -0.2) is 67.9 Å². The first-order valence-electron chi connectivity index (χ1n) is 18.2. The van der Waals surface area contributed by atoms with Crippen LogP contribution in [0.2, 0.25) is 18.1 Å². The average molecular weight is 765 g/mol. The molecule has 14 heteroatoms. The molecule has 53 heavy (non-hydrogen) atoms. The minimum Gasteiger partial charge on any atom is -0.434 e. The van der Waals surface area contributed by atoms with Gasteiger partial charge in [-0.3, -0.25) is 4.79 Å². The smallest absolute Gasteiger partial charge is 0.387 e. The Bertz CT molecular complexity index is 2100. The van der Waals surface area contributed by atoms with E-state index in [1.165, 1.54) is 6.07 Å². The zero-order valence-electron chi connectivity index (χ0n) is 32.2. The number of nitrogens with zero attached hydrogens (tertiary/aromatic N) is 5. The Morgan fingerprint density at radius 1 is 1.04 bits per heavy atom. The van der Waals surface area contributed by atoms with Gasteiger partial charge < -0.3 is 18.6 Å². The summed E-state index contributed by atoms with van der Waals surface area (Å²) in [6.07, 6.45) is 5.46. The van der Waals surface area contributed by atoms with E-state index in [0.717, 1.165) is 22.2 Å². The van der Waals surface area contributed by atoms with Gasteiger partial charge in [-0.25, -0.2) is 23.9 Å². The lowest BCUT2D eigenvalue weighted by atomic mass is 9.58. The fourth-order valence-electron chi connectivity index (χ4n) is 7.87. The number of alkyl halides is 2. The summed E-state index contributed by atoms with van der Waals surface area (Å²) in [6.45, 7) is 16.9. The Kier molecular flexibility index (Phi) is 9.07. The van der Waals surface area contributed by atoms with E-state index in [4.69, 9.17) is 24.1 Å². The summed E-state index contributed by atoms with van der Waals surface area (Å²) in [5, 5.41) is 0.0961. The van der Waals surface area contributed by atoms with Crippen molar-refractivity contribution in [3.05, 3.63) is 71.6 Å². The molecule has 2 aliphatic heterocycles. The number of benzene rings is 2. The summed E-state index contributed by atoms with van der Waals surface area (Å²) in [4.78, 5) is 29.9. The molecule has 284 valence electrons. The van der Waals surface area contributed by atoms with Gasteiger partial charge in [-0.05, 0) is 87.0 Å². The van der Waals surface area contributed by atoms with Crippen molar-refractivity contribution < 1.29 is 26.9 Å². The molecule has 1 amide bonds. The van der Waals surface area contributed by atoms with Gasteiger partial charge in [0.15, 0.2) is 8.32 Å². The van der Waals surface area contributed by atoms with E-state index in [0.29, 0.717) is 48.6 Å². The third kappa shape index (κ3) is 6.52. The van der Waals surface area contributed by atoms with Gasteiger partial charge in [0.2, 0.25) is 0 Å². The molecule has 10 nitrogen and oxygen atoms in total. The highest BCUT2D eigenvalue weighted by Gasteiger charge is 2.57. The third-order valence-electron chi connectivity index (χ3n) is 11.7. The fourth-order valence-corrected chi connectivity index (χ4v) is 9.91. The number of aromatic nitrogens is 4. The molecule has 2 aromatic heterocycles. The second-order valence-corrected chi connectivity index (χ2v) is 24.7. The molecule has 3 aliphatic rings. The molecule has 0 radical (unpaired) electrons. The Hall–Kier alpha value is -3.59. The fraction of sp³-hybridized carbons (Fsp3) is 0.538. The van der Waals surface area contributed by atoms with Gasteiger partial charge >= 0.3 is 6.61 Å². The van der Waals surface area contributed by atoms with Crippen LogP contribution in [-0.2, 0) is 21.0 Å². The molecule has 0 unspecified atom stereocenters. The minimum absolute atomic E-state index is 0.00619. The summed E-state index contributed by atoms with van der Waals surface area (Å²) in [5.41, 5.74) is 3.16. The number of rotatable bonds is 9. The molecule has 1 N–H and O–H groups in total. The number of imidazole rings is 1. The van der Waals surface area contributed by atoms with Gasteiger partial charge in [-0.2, -0.15) is 8.78 Å². The van der Waals surface area contributed by atoms with E-state index in [1.807, 2.05) is 39.0 Å². The summed E-state index contributed by atoms with van der Waals surface area (Å²) < 4.78 is 57.3. The molecule has 1 saturated carbocycles. The van der Waals surface area contributed by atoms with E-state index in [-0.39, 0.29) is 28.2 Å². The summed E-state index contributed by atoms with van der Waals surface area (Å²) >= 11 is 0. The van der Waals surface area contributed by atoms with Crippen LogP contribution in [0.25, 0.3) is 22.2 Å². The first-order chi connectivity index (χ1) is 24.6. The first-order valence-corrected chi connectivity index (χ1v) is 22.2. The topological polar surface area (TPSA) is 111 Å². The lowest BCUT2D eigenvalue weighted by molar-refractivity contribution is -0.0507. The standard InChI is InChI=1S/C39H50F2N6O4SSi/c1-36(2,3)52(49)45-39(20-38(7,21-39)22-50-53(9,10)37(4,5)6)34-42-18-24(19-43-34)23-14-15-26-27(16-23)47-28-17-29(32(47)44-26)46(8)33(48)25-12-11-13-30(31(25)28)51-35(40)41/h11-16,18-19,28-29,35,45H,17,20-22H2,1-10H3/t28-,29-,38?,39?,52+/m1/s1. The molecule has 3 atom stereocenters. The lowest BCUT2D eigenvalue weighted by Gasteiger charge is -2.55. The maximum absolute atomic E-state index is 13.6. The average Bonchev–Trinajstić information content (AvgIpc) is 3.58. The summed E-state index contributed by atoms with van der Waals surface area (Å²) in [7, 11) is -1.59. The Balaban J connectivity index is 1.22. The Morgan fingerprint density at radius 3 is 2.34 bits per heavy atom. The van der Waals surface area contributed by atoms with Crippen molar-refractivity contribution in [3.8, 4) is 16.9 Å². The van der Waals surface area contributed by atoms with Gasteiger partial charge in [-0.1, -0.05) is 39.8 Å². The van der Waals surface area contributed by atoms with Gasteiger partial charge in [-0.15, -0.1) is 0 Å². The van der Waals surface area contributed by atoms with Crippen LogP contribution in [0, 0.1) is 5.41 Å². The predicted molar refractivity (Wildman–Crippen MR) is 205 cm³/mol. The van der Waals surface area contributed by atoms with E-state index in [9.17, 15) is 17.8 Å². The third-order valence-corrected chi connectivity index (χ3v) is 17.9. The Morgan fingerprint density at radius 2 is 1.72 bits per heavy atom. The zero-order chi connectivity index (χ0) is 38.5. The number of hydrogen-bond donors (Lipinski definition) is 1. The van der Waals surface area contributed by atoms with Crippen molar-refractivity contribution >= 4 is 36.2 Å². The summed E-state index contributed by atoms with van der Waals surface area (Å²) in [5.74, 6) is 1.04. The molecule has 1 aliphatic carbocycles. The van der Waals surface area contributed by atoms with Crippen LogP contribution >= 0.6 is 0 Å². The first kappa shape index (κ1) is 37.7. The van der Waals surface area contributed by atoms with Gasteiger partial charge in [0.25, 0.3) is 5.91 Å². The van der Waals surface area contributed by atoms with Crippen LogP contribution in [0.15, 0.2) is 48.8 Å². The van der Waals surface area contributed by atoms with Crippen molar-refractivity contribution in [3.63, 3.8) is 0 Å². The monoisotopic (exact) mass is 764 g/mol. The zero-order valence-corrected chi connectivity index (χ0v) is 34.0. The predicted octanol–water partition coefficient (Wildman–Crippen LogP) is 8.28. The Labute approximate surface area is 313 Å². The highest BCUT2D eigenvalue weighted by Crippen LogP contribution is 2.55. The van der Waals surface area contributed by atoms with Crippen LogP contribution in [0.1, 0.15) is 107 Å². The molecule has 4 aromatic rings. The summed E-state index contributed by atoms with van der Waals surface area (Å²) in [6, 6.07) is 9.87. The molecular formula is C39H50F2N6O4SSi. The number of carbonyl (C=O) groups excluding carboxylic acids is 1. The van der Waals surface area contributed by atoms with Crippen molar-refractivity contribution in [1.82, 2.24) is 29.1 Å². The quantitative estimate of drug-likeness (QED) is 0.171. The van der Waals surface area contributed by atoms with Crippen LogP contribution < -0.4 is 9.46 Å². The van der Waals surface area contributed by atoms with E-state index >= 15 is 0 Å². The molecular weight excluding hydrogens is 715 g/mol. The maximum Gasteiger partial charge on any atom is 0.387 e. The molecule has 0 spiro atoms. The van der Waals surface area contributed by atoms with Gasteiger partial charge in [0, 0.05) is 49.2 Å². The molecule has 4 heterocycles. The number of hydrogen-bond acceptors (Lipinski definition) is 7. The van der Waals surface area contributed by atoms with Crippen LogP contribution in [0.3, 0.4) is 0 Å². The van der Waals surface area contributed by atoms with E-state index < -0.39 is 42.2 Å². The van der Waals surface area contributed by atoms with Gasteiger partial charge in [0.1, 0.15) is 17.4 Å². The number of fused-ring (bicyclic) bond motifs is 9. The SMILES string of the molecule is CN1C(=O)c2cccc(OC(F)F)c2[C@H]2C[C@@H]1c1nc3ccc(-c4cnc(C5(N[S@@](=O)C(C)(C)C)CC(C)(CO[Si](C)(C)C(C)(C)C)C5)nc4)cc3n12. The van der Waals surface area contributed by atoms with Crippen molar-refractivity contribution in [2.45, 2.75) is 115 Å². The van der Waals surface area contributed by atoms with E-state index in [2.05, 4.69) is 50.1 Å². The largest absolute Gasteiger partial charge is 0.434 e. The molecule has 2 aromatic carbocycles. The van der Waals surface area contributed by atoms with Crippen molar-refractivity contribution in [2.24, 2.45) is 5.41 Å². The number of nitrogens with one attached hydrogen (secondary N) is 1. The highest BCUT2D eigenvalue weighted by molar-refractivity contribution is 7.84. The number of amides is 1. The number of halogens is 2. The normalized spacial score (nSPS) is 24.9.